The van der Waals surface area contributed by atoms with Crippen molar-refractivity contribution in [3.8, 4) is 11.1 Å². The van der Waals surface area contributed by atoms with Gasteiger partial charge in [0, 0.05) is 22.5 Å². The van der Waals surface area contributed by atoms with Crippen molar-refractivity contribution in [3.63, 3.8) is 0 Å². The first-order valence-corrected chi connectivity index (χ1v) is 14.5. The third-order valence-electron chi connectivity index (χ3n) is 8.80. The molecule has 0 bridgehead atoms. The third kappa shape index (κ3) is 3.36. The van der Waals surface area contributed by atoms with E-state index < -0.39 is 0 Å². The lowest BCUT2D eigenvalue weighted by atomic mass is 9.88. The van der Waals surface area contributed by atoms with E-state index in [1.165, 1.54) is 54.2 Å². The zero-order chi connectivity index (χ0) is 27.6. The van der Waals surface area contributed by atoms with Crippen LogP contribution in [0.4, 0.5) is 22.7 Å². The van der Waals surface area contributed by atoms with Crippen molar-refractivity contribution in [2.45, 2.75) is 6.42 Å². The van der Waals surface area contributed by atoms with E-state index in [4.69, 9.17) is 4.99 Å². The van der Waals surface area contributed by atoms with Gasteiger partial charge in [-0.3, -0.25) is 0 Å². The van der Waals surface area contributed by atoms with Crippen LogP contribution >= 0.6 is 0 Å². The zero-order valence-electron chi connectivity index (χ0n) is 23.0. The molecule has 0 saturated carbocycles. The Hall–Kier alpha value is -5.47. The number of hydrogen-bond acceptors (Lipinski definition) is 2. The molecule has 1 heterocycles. The lowest BCUT2D eigenvalue weighted by molar-refractivity contribution is 1.27. The van der Waals surface area contributed by atoms with Crippen molar-refractivity contribution in [1.29, 1.82) is 0 Å². The number of para-hydroxylation sites is 2. The Kier molecular flexibility index (Phi) is 4.99. The van der Waals surface area contributed by atoms with Crippen LogP contribution in [0.5, 0.6) is 0 Å². The van der Waals surface area contributed by atoms with Gasteiger partial charge in [-0.2, -0.15) is 0 Å². The molecule has 7 aromatic carbocycles. The van der Waals surface area contributed by atoms with Gasteiger partial charge in [0.2, 0.25) is 0 Å². The van der Waals surface area contributed by atoms with Crippen LogP contribution in [0.15, 0.2) is 145 Å². The van der Waals surface area contributed by atoms with Crippen LogP contribution in [0.1, 0.15) is 5.56 Å². The molecular weight excluding hydrogens is 508 g/mol. The second-order valence-corrected chi connectivity index (χ2v) is 11.1. The summed E-state index contributed by atoms with van der Waals surface area (Å²) in [7, 11) is 0. The quantitative estimate of drug-likeness (QED) is 0.163. The fourth-order valence-corrected chi connectivity index (χ4v) is 6.99. The maximum atomic E-state index is 5.17. The van der Waals surface area contributed by atoms with Gasteiger partial charge in [0.15, 0.2) is 0 Å². The molecule has 196 valence electrons. The van der Waals surface area contributed by atoms with Crippen molar-refractivity contribution in [2.24, 2.45) is 4.99 Å². The van der Waals surface area contributed by atoms with Gasteiger partial charge < -0.3 is 4.90 Å². The van der Waals surface area contributed by atoms with Gasteiger partial charge in [0.05, 0.1) is 16.7 Å². The van der Waals surface area contributed by atoms with Gasteiger partial charge in [-0.05, 0) is 104 Å². The van der Waals surface area contributed by atoms with Gasteiger partial charge in [0.25, 0.3) is 0 Å². The van der Waals surface area contributed by atoms with Crippen LogP contribution in [0.2, 0.25) is 0 Å². The first-order chi connectivity index (χ1) is 20.8. The average molecular weight is 535 g/mol. The van der Waals surface area contributed by atoms with Crippen LogP contribution < -0.4 is 15.5 Å². The molecule has 0 unspecified atom stereocenters. The number of rotatable bonds is 3. The van der Waals surface area contributed by atoms with Crippen LogP contribution in [0.25, 0.3) is 49.5 Å². The Bertz CT molecular complexity index is 2330. The Morgan fingerprint density at radius 3 is 2.07 bits per heavy atom. The van der Waals surface area contributed by atoms with E-state index in [0.717, 1.165) is 34.5 Å². The molecule has 0 spiro atoms. The Labute approximate surface area is 243 Å². The molecule has 2 heteroatoms. The first-order valence-electron chi connectivity index (χ1n) is 14.5. The van der Waals surface area contributed by atoms with Crippen molar-refractivity contribution in [2.75, 3.05) is 4.90 Å². The largest absolute Gasteiger partial charge is 0.310 e. The van der Waals surface area contributed by atoms with Crippen LogP contribution in [-0.4, -0.2) is 0 Å². The minimum absolute atomic E-state index is 0.953. The van der Waals surface area contributed by atoms with Gasteiger partial charge in [0.1, 0.15) is 0 Å². The Balaban J connectivity index is 1.38. The van der Waals surface area contributed by atoms with Gasteiger partial charge in [-0.1, -0.05) is 91.0 Å². The minimum Gasteiger partial charge on any atom is -0.310 e. The molecule has 7 aromatic rings. The maximum Gasteiger partial charge on any atom is 0.0737 e. The highest BCUT2D eigenvalue weighted by atomic mass is 15.1. The minimum atomic E-state index is 0.953. The highest BCUT2D eigenvalue weighted by Crippen LogP contribution is 2.48. The summed E-state index contributed by atoms with van der Waals surface area (Å²) in [4.78, 5) is 7.53. The molecule has 2 aliphatic rings. The fourth-order valence-electron chi connectivity index (χ4n) is 6.99. The Morgan fingerprint density at radius 1 is 0.548 bits per heavy atom. The molecule has 0 N–H and O–H groups in total. The molecule has 2 nitrogen and oxygen atoms in total. The second-order valence-electron chi connectivity index (χ2n) is 11.1. The summed E-state index contributed by atoms with van der Waals surface area (Å²) in [5.41, 5.74) is 8.21. The molecule has 9 rings (SSSR count). The van der Waals surface area contributed by atoms with Crippen molar-refractivity contribution in [1.82, 2.24) is 0 Å². The normalized spacial score (nSPS) is 13.0. The van der Waals surface area contributed by atoms with Crippen LogP contribution in [0, 0.1) is 0 Å². The summed E-state index contributed by atoms with van der Waals surface area (Å²) in [6, 6.07) is 45.9. The summed E-state index contributed by atoms with van der Waals surface area (Å²) >= 11 is 0. The summed E-state index contributed by atoms with van der Waals surface area (Å²) in [5, 5.41) is 10.2. The highest BCUT2D eigenvalue weighted by Gasteiger charge is 2.25. The van der Waals surface area contributed by atoms with E-state index >= 15 is 0 Å². The van der Waals surface area contributed by atoms with Gasteiger partial charge in [-0.25, -0.2) is 4.99 Å². The third-order valence-corrected chi connectivity index (χ3v) is 8.80. The molecule has 42 heavy (non-hydrogen) atoms. The fraction of sp³-hybridized carbons (Fsp3) is 0.0250. The summed E-state index contributed by atoms with van der Waals surface area (Å²) in [6.07, 6.45) is 7.69. The lowest BCUT2D eigenvalue weighted by Crippen LogP contribution is -2.13. The molecule has 1 aliphatic heterocycles. The van der Waals surface area contributed by atoms with E-state index in [9.17, 15) is 0 Å². The zero-order valence-corrected chi connectivity index (χ0v) is 23.0. The molecule has 0 amide bonds. The van der Waals surface area contributed by atoms with Gasteiger partial charge >= 0.3 is 0 Å². The molecular formula is C40H26N2. The first kappa shape index (κ1) is 23.3. The smallest absolute Gasteiger partial charge is 0.0737 e. The molecule has 0 saturated heterocycles. The SMILES string of the molecule is C1=CCc2c(c3ccccc3c3cc4c5c(ccc4cc23)=Nc2cccc(N(c3ccccc3)c3ccccc3)c2-5)=C1. The molecule has 0 radical (unpaired) electrons. The molecule has 0 aromatic heterocycles. The van der Waals surface area contributed by atoms with E-state index in [1.54, 1.807) is 0 Å². The number of hydrogen-bond donors (Lipinski definition) is 0. The summed E-state index contributed by atoms with van der Waals surface area (Å²) < 4.78 is 0. The number of anilines is 3. The Morgan fingerprint density at radius 2 is 1.29 bits per heavy atom. The number of allylic oxidation sites excluding steroid dienone is 2. The standard InChI is InChI=1S/C40H26N2/c1-3-12-27(13-4-1)42(28-14-5-2-6-15-28)38-21-11-20-36-40(38)39-33-25-35-32-19-10-8-17-30(32)29-16-7-9-18-31(29)34(35)24-26(33)22-23-37(39)41-36/h1-17,19-25H,18H2. The predicted octanol–water partition coefficient (Wildman–Crippen LogP) is 9.44. The summed E-state index contributed by atoms with van der Waals surface area (Å²) in [6.45, 7) is 0. The molecule has 1 aliphatic carbocycles. The topological polar surface area (TPSA) is 15.6 Å². The van der Waals surface area contributed by atoms with Crippen molar-refractivity contribution < 1.29 is 0 Å². The molecule has 0 atom stereocenters. The number of benzene rings is 7. The van der Waals surface area contributed by atoms with Crippen LogP contribution in [0.3, 0.4) is 0 Å². The van der Waals surface area contributed by atoms with E-state index in [1.807, 2.05) is 0 Å². The maximum absolute atomic E-state index is 5.17. The van der Waals surface area contributed by atoms with E-state index in [-0.39, 0.29) is 0 Å². The lowest BCUT2D eigenvalue weighted by Gasteiger charge is -2.27. The van der Waals surface area contributed by atoms with Crippen LogP contribution in [-0.2, 0) is 6.42 Å². The number of fused-ring (bicyclic) bond motifs is 11. The monoisotopic (exact) mass is 534 g/mol. The predicted molar refractivity (Wildman–Crippen MR) is 177 cm³/mol. The van der Waals surface area contributed by atoms with E-state index in [0.29, 0.717) is 0 Å². The second kappa shape index (κ2) is 9.02. The number of nitrogens with zero attached hydrogens (tertiary/aromatic N) is 2. The van der Waals surface area contributed by atoms with Crippen molar-refractivity contribution >= 4 is 61.1 Å². The van der Waals surface area contributed by atoms with Crippen molar-refractivity contribution in [3.05, 3.63) is 156 Å². The highest BCUT2D eigenvalue weighted by molar-refractivity contribution is 6.17. The average Bonchev–Trinajstić information content (AvgIpc) is 3.45. The van der Waals surface area contributed by atoms with E-state index in [2.05, 4.69) is 151 Å². The summed E-state index contributed by atoms with van der Waals surface area (Å²) in [5.74, 6) is 0. The molecule has 0 fully saturated rings. The van der Waals surface area contributed by atoms with Gasteiger partial charge in [-0.15, -0.1) is 0 Å².